The van der Waals surface area contributed by atoms with Gasteiger partial charge < -0.3 is 48.5 Å². The highest BCUT2D eigenvalue weighted by Crippen LogP contribution is 2.09. The summed E-state index contributed by atoms with van der Waals surface area (Å²) in [6, 6.07) is 0. The molecule has 0 spiro atoms. The quantitative estimate of drug-likeness (QED) is 0.0440. The van der Waals surface area contributed by atoms with Crippen molar-refractivity contribution in [3.8, 4) is 0 Å². The van der Waals surface area contributed by atoms with Crippen LogP contribution in [0.3, 0.4) is 0 Å². The van der Waals surface area contributed by atoms with E-state index in [1.165, 1.54) is 0 Å². The summed E-state index contributed by atoms with van der Waals surface area (Å²) in [5.74, 6) is 0. The Kier molecular flexibility index (Phi) is 28.8. The van der Waals surface area contributed by atoms with Crippen LogP contribution in [0.5, 0.6) is 0 Å². The second-order valence-electron chi connectivity index (χ2n) is 14.4. The van der Waals surface area contributed by atoms with E-state index in [1.807, 2.05) is 41.5 Å². The highest BCUT2D eigenvalue weighted by molar-refractivity contribution is 5.68. The fourth-order valence-electron chi connectivity index (χ4n) is 4.34. The van der Waals surface area contributed by atoms with Gasteiger partial charge in [-0.1, -0.05) is 12.8 Å². The van der Waals surface area contributed by atoms with Gasteiger partial charge in [-0.05, 0) is 131 Å². The number of amides is 2. The summed E-state index contributed by atoms with van der Waals surface area (Å²) in [6.07, 6.45) is 9.81. The summed E-state index contributed by atoms with van der Waals surface area (Å²) in [4.78, 5) is 58.2. The molecule has 304 valence electrons. The van der Waals surface area contributed by atoms with Crippen molar-refractivity contribution in [2.24, 2.45) is 0 Å². The maximum atomic E-state index is 11.7. The Balaban J connectivity index is 3.41. The van der Waals surface area contributed by atoms with E-state index in [9.17, 15) is 24.0 Å². The van der Waals surface area contributed by atoms with Gasteiger partial charge in [0.2, 0.25) is 0 Å². The van der Waals surface area contributed by atoms with Crippen molar-refractivity contribution in [3.05, 3.63) is 0 Å². The zero-order chi connectivity index (χ0) is 38.9. The lowest BCUT2D eigenvalue weighted by Crippen LogP contribution is -2.33. The van der Waals surface area contributed by atoms with Gasteiger partial charge in [0.1, 0.15) is 11.2 Å². The molecule has 2 amide bonds. The van der Waals surface area contributed by atoms with E-state index in [1.54, 1.807) is 0 Å². The maximum Gasteiger partial charge on any atom is 0.508 e. The molecular formula is C37H68N2O13. The lowest BCUT2D eigenvalue weighted by molar-refractivity contribution is 0.0484. The maximum absolute atomic E-state index is 11.7. The Labute approximate surface area is 311 Å². The standard InChI is InChI=1S/C37H68N2O13/c1-36(2,3)51-31(40)38-23-15-7-9-17-25-45-33(42)47-27-19-11-13-21-29-49-35(44)50-30-22-14-12-20-28-48-34(43)46-26-18-10-8-16-24-39-32(41)52-37(4,5)6/h7-30H2,1-6H3,(H,38,40)(H,39,41). The summed E-state index contributed by atoms with van der Waals surface area (Å²) in [7, 11) is 0. The molecule has 0 saturated heterocycles. The minimum Gasteiger partial charge on any atom is -0.444 e. The lowest BCUT2D eigenvalue weighted by atomic mass is 10.2. The van der Waals surface area contributed by atoms with Gasteiger partial charge in [0, 0.05) is 13.1 Å². The van der Waals surface area contributed by atoms with Crippen molar-refractivity contribution in [1.29, 1.82) is 0 Å². The molecule has 0 unspecified atom stereocenters. The number of hydrogen-bond acceptors (Lipinski definition) is 13. The molecule has 0 aromatic carbocycles. The van der Waals surface area contributed by atoms with Crippen molar-refractivity contribution in [2.75, 3.05) is 52.7 Å². The molecule has 0 aliphatic heterocycles. The van der Waals surface area contributed by atoms with Crippen LogP contribution in [-0.2, 0) is 37.9 Å². The smallest absolute Gasteiger partial charge is 0.444 e. The first-order chi connectivity index (χ1) is 24.7. The minimum atomic E-state index is -0.688. The summed E-state index contributed by atoms with van der Waals surface area (Å²) in [5, 5.41) is 5.43. The van der Waals surface area contributed by atoms with Gasteiger partial charge in [-0.2, -0.15) is 0 Å². The van der Waals surface area contributed by atoms with E-state index >= 15 is 0 Å². The largest absolute Gasteiger partial charge is 0.508 e. The third kappa shape index (κ3) is 37.6. The van der Waals surface area contributed by atoms with Crippen LogP contribution >= 0.6 is 0 Å². The average Bonchev–Trinajstić information content (AvgIpc) is 3.04. The first-order valence-electron chi connectivity index (χ1n) is 19.0. The van der Waals surface area contributed by atoms with Crippen LogP contribution < -0.4 is 10.6 Å². The summed E-state index contributed by atoms with van der Waals surface area (Å²) in [5.41, 5.74) is -1.02. The third-order valence-electron chi connectivity index (χ3n) is 6.88. The first-order valence-corrected chi connectivity index (χ1v) is 19.0. The summed E-state index contributed by atoms with van der Waals surface area (Å²) in [6.45, 7) is 13.7. The van der Waals surface area contributed by atoms with E-state index in [4.69, 9.17) is 37.9 Å². The fourth-order valence-corrected chi connectivity index (χ4v) is 4.34. The topological polar surface area (TPSA) is 183 Å². The molecule has 0 aliphatic rings. The Morgan fingerprint density at radius 3 is 0.769 bits per heavy atom. The van der Waals surface area contributed by atoms with Crippen molar-refractivity contribution in [3.63, 3.8) is 0 Å². The monoisotopic (exact) mass is 748 g/mol. The van der Waals surface area contributed by atoms with Crippen LogP contribution in [0.2, 0.25) is 0 Å². The number of nitrogens with one attached hydrogen (secondary N) is 2. The molecule has 15 nitrogen and oxygen atoms in total. The van der Waals surface area contributed by atoms with E-state index in [0.717, 1.165) is 77.0 Å². The number of ether oxygens (including phenoxy) is 8. The molecule has 0 atom stereocenters. The number of unbranched alkanes of at least 4 members (excludes halogenated alkanes) is 12. The minimum absolute atomic E-state index is 0.263. The summed E-state index contributed by atoms with van der Waals surface area (Å²) >= 11 is 0. The molecular weight excluding hydrogens is 680 g/mol. The molecule has 0 fully saturated rings. The van der Waals surface area contributed by atoms with Crippen LogP contribution in [0.25, 0.3) is 0 Å². The molecule has 0 saturated carbocycles. The van der Waals surface area contributed by atoms with Crippen molar-refractivity contribution < 1.29 is 61.9 Å². The van der Waals surface area contributed by atoms with Gasteiger partial charge in [-0.3, -0.25) is 0 Å². The predicted octanol–water partition coefficient (Wildman–Crippen LogP) is 8.74. The Bertz CT molecular complexity index is 890. The van der Waals surface area contributed by atoms with Crippen LogP contribution in [-0.4, -0.2) is 94.6 Å². The Hall–Kier alpha value is -3.65. The third-order valence-corrected chi connectivity index (χ3v) is 6.88. The van der Waals surface area contributed by atoms with Crippen molar-refractivity contribution in [1.82, 2.24) is 10.6 Å². The SMILES string of the molecule is CC(C)(C)OC(=O)NCCCCCCOC(=O)OCCCCCCOC(=O)OCCCCCCOC(=O)OCCCCCCNC(=O)OC(C)(C)C. The highest BCUT2D eigenvalue weighted by atomic mass is 16.7. The van der Waals surface area contributed by atoms with E-state index < -0.39 is 41.9 Å². The van der Waals surface area contributed by atoms with Crippen LogP contribution in [0.4, 0.5) is 24.0 Å². The molecule has 0 aromatic heterocycles. The van der Waals surface area contributed by atoms with Gasteiger partial charge in [0.15, 0.2) is 0 Å². The first kappa shape index (κ1) is 48.3. The van der Waals surface area contributed by atoms with Gasteiger partial charge in [-0.25, -0.2) is 24.0 Å². The van der Waals surface area contributed by atoms with Crippen LogP contribution in [0.15, 0.2) is 0 Å². The van der Waals surface area contributed by atoms with Gasteiger partial charge in [0.05, 0.1) is 39.6 Å². The fraction of sp³-hybridized carbons (Fsp3) is 0.865. The van der Waals surface area contributed by atoms with Crippen LogP contribution in [0, 0.1) is 0 Å². The normalized spacial score (nSPS) is 11.2. The van der Waals surface area contributed by atoms with Gasteiger partial charge >= 0.3 is 30.7 Å². The Morgan fingerprint density at radius 2 is 0.558 bits per heavy atom. The number of rotatable bonds is 28. The number of alkyl carbamates (subject to hydrolysis) is 2. The molecule has 2 N–H and O–H groups in total. The van der Waals surface area contributed by atoms with Crippen LogP contribution in [0.1, 0.15) is 144 Å². The number of carbonyl (C=O) groups is 5. The zero-order valence-corrected chi connectivity index (χ0v) is 32.8. The van der Waals surface area contributed by atoms with Crippen molar-refractivity contribution >= 4 is 30.7 Å². The number of hydrogen-bond donors (Lipinski definition) is 2. The van der Waals surface area contributed by atoms with E-state index in [0.29, 0.717) is 52.0 Å². The van der Waals surface area contributed by atoms with E-state index in [2.05, 4.69) is 10.6 Å². The summed E-state index contributed by atoms with van der Waals surface area (Å²) < 4.78 is 40.8. The molecule has 15 heteroatoms. The number of carbonyl (C=O) groups excluding carboxylic acids is 5. The molecule has 52 heavy (non-hydrogen) atoms. The van der Waals surface area contributed by atoms with Gasteiger partial charge in [-0.15, -0.1) is 0 Å². The molecule has 0 aliphatic carbocycles. The second kappa shape index (κ2) is 30.9. The predicted molar refractivity (Wildman–Crippen MR) is 194 cm³/mol. The lowest BCUT2D eigenvalue weighted by Gasteiger charge is -2.19. The Morgan fingerprint density at radius 1 is 0.346 bits per heavy atom. The van der Waals surface area contributed by atoms with E-state index in [-0.39, 0.29) is 26.4 Å². The second-order valence-corrected chi connectivity index (χ2v) is 14.4. The molecule has 0 radical (unpaired) electrons. The zero-order valence-electron chi connectivity index (χ0n) is 32.8. The van der Waals surface area contributed by atoms with Crippen molar-refractivity contribution in [2.45, 2.75) is 155 Å². The molecule has 0 bridgehead atoms. The molecule has 0 rings (SSSR count). The average molecular weight is 749 g/mol. The molecule has 0 heterocycles. The molecule has 0 aromatic rings. The highest BCUT2D eigenvalue weighted by Gasteiger charge is 2.16. The van der Waals surface area contributed by atoms with Gasteiger partial charge in [0.25, 0.3) is 0 Å².